The van der Waals surface area contributed by atoms with Crippen LogP contribution in [0.1, 0.15) is 153 Å². The summed E-state index contributed by atoms with van der Waals surface area (Å²) in [5.41, 5.74) is 0.720. The highest BCUT2D eigenvalue weighted by molar-refractivity contribution is 7.99. The van der Waals surface area contributed by atoms with Crippen molar-refractivity contribution in [3.8, 4) is 0 Å². The Morgan fingerprint density at radius 2 is 0.977 bits per heavy atom. The average Bonchev–Trinajstić information content (AvgIpc) is 3.02. The van der Waals surface area contributed by atoms with E-state index in [0.29, 0.717) is 6.42 Å². The van der Waals surface area contributed by atoms with E-state index in [1.165, 1.54) is 113 Å². The Balaban J connectivity index is 1.54. The van der Waals surface area contributed by atoms with Gasteiger partial charge in [-0.15, -0.1) is 11.8 Å². The topological polar surface area (TPSA) is 54.4 Å². The molecule has 0 radical (unpaired) electrons. The number of hydrogen-bond donors (Lipinski definition) is 1. The number of rotatable bonds is 26. The third-order valence-electron chi connectivity index (χ3n) is 8.24. The largest absolute Gasteiger partial charge is 0.377 e. The SMILES string of the molecule is CCCCCCCCCCCCCCCCCCSc1ccc(C=Cc2ccc(S(=O)(=O)C(O)CCCCC)cc2)cc1. The van der Waals surface area contributed by atoms with Gasteiger partial charge in [-0.05, 0) is 60.4 Å². The fraction of sp³-hybridized carbons (Fsp3) is 0.632. The molecule has 0 saturated carbocycles. The molecule has 0 aliphatic heterocycles. The Morgan fingerprint density at radius 1 is 0.581 bits per heavy atom. The van der Waals surface area contributed by atoms with E-state index in [4.69, 9.17) is 0 Å². The Bertz CT molecular complexity index is 1080. The second-order valence-electron chi connectivity index (χ2n) is 12.1. The fourth-order valence-corrected chi connectivity index (χ4v) is 7.58. The first kappa shape index (κ1) is 37.6. The van der Waals surface area contributed by atoms with Gasteiger partial charge in [-0.3, -0.25) is 0 Å². The predicted octanol–water partition coefficient (Wildman–Crippen LogP) is 11.9. The van der Waals surface area contributed by atoms with E-state index in [-0.39, 0.29) is 11.3 Å². The molecule has 3 nitrogen and oxygen atoms in total. The van der Waals surface area contributed by atoms with Gasteiger partial charge in [0.05, 0.1) is 4.90 Å². The van der Waals surface area contributed by atoms with Crippen molar-refractivity contribution >= 4 is 33.8 Å². The maximum atomic E-state index is 12.6. The molecule has 0 heterocycles. The molecule has 1 N–H and O–H groups in total. The third kappa shape index (κ3) is 16.9. The Kier molecular flexibility index (Phi) is 20.8. The second-order valence-corrected chi connectivity index (χ2v) is 15.4. The van der Waals surface area contributed by atoms with Gasteiger partial charge in [-0.2, -0.15) is 0 Å². The van der Waals surface area contributed by atoms with Crippen LogP contribution >= 0.6 is 11.8 Å². The highest BCUT2D eigenvalue weighted by Gasteiger charge is 2.24. The van der Waals surface area contributed by atoms with Gasteiger partial charge in [0, 0.05) is 4.90 Å². The van der Waals surface area contributed by atoms with Crippen LogP contribution in [-0.4, -0.2) is 24.7 Å². The predicted molar refractivity (Wildman–Crippen MR) is 189 cm³/mol. The van der Waals surface area contributed by atoms with E-state index >= 15 is 0 Å². The molecule has 0 aliphatic rings. The molecule has 0 spiro atoms. The number of benzene rings is 2. The minimum absolute atomic E-state index is 0.180. The van der Waals surface area contributed by atoms with Crippen molar-refractivity contribution in [2.45, 2.75) is 157 Å². The van der Waals surface area contributed by atoms with Crippen LogP contribution in [0, 0.1) is 0 Å². The van der Waals surface area contributed by atoms with Crippen LogP contribution < -0.4 is 0 Å². The maximum Gasteiger partial charge on any atom is 0.204 e. The van der Waals surface area contributed by atoms with Gasteiger partial charge in [-0.25, -0.2) is 8.42 Å². The van der Waals surface area contributed by atoms with E-state index in [2.05, 4.69) is 38.1 Å². The summed E-state index contributed by atoms with van der Waals surface area (Å²) >= 11 is 1.94. The lowest BCUT2D eigenvalue weighted by Gasteiger charge is -2.12. The van der Waals surface area contributed by atoms with Crippen LogP contribution in [-0.2, 0) is 9.84 Å². The first-order valence-electron chi connectivity index (χ1n) is 17.4. The van der Waals surface area contributed by atoms with Gasteiger partial charge >= 0.3 is 0 Å². The van der Waals surface area contributed by atoms with Crippen molar-refractivity contribution < 1.29 is 13.5 Å². The molecule has 242 valence electrons. The summed E-state index contributed by atoms with van der Waals surface area (Å²) in [6, 6.07) is 15.4. The van der Waals surface area contributed by atoms with Crippen LogP contribution in [0.4, 0.5) is 0 Å². The summed E-state index contributed by atoms with van der Waals surface area (Å²) in [7, 11) is -3.70. The number of aliphatic hydroxyl groups excluding tert-OH is 1. The van der Waals surface area contributed by atoms with Gasteiger partial charge in [0.2, 0.25) is 9.84 Å². The zero-order chi connectivity index (χ0) is 31.0. The fourth-order valence-electron chi connectivity index (χ4n) is 5.36. The highest BCUT2D eigenvalue weighted by Crippen LogP contribution is 2.23. The zero-order valence-corrected chi connectivity index (χ0v) is 28.9. The van der Waals surface area contributed by atoms with Crippen LogP contribution in [0.3, 0.4) is 0 Å². The average molecular weight is 629 g/mol. The monoisotopic (exact) mass is 628 g/mol. The summed E-state index contributed by atoms with van der Waals surface area (Å²) in [6.45, 7) is 4.35. The van der Waals surface area contributed by atoms with Gasteiger partial charge in [-0.1, -0.05) is 159 Å². The molecule has 43 heavy (non-hydrogen) atoms. The number of unbranched alkanes of at least 4 members (excludes halogenated alkanes) is 17. The lowest BCUT2D eigenvalue weighted by molar-refractivity contribution is 0.234. The van der Waals surface area contributed by atoms with E-state index in [1.807, 2.05) is 23.9 Å². The van der Waals surface area contributed by atoms with Crippen molar-refractivity contribution in [1.82, 2.24) is 0 Å². The summed E-state index contributed by atoms with van der Waals surface area (Å²) in [6.07, 6.45) is 29.5. The van der Waals surface area contributed by atoms with Crippen molar-refractivity contribution in [2.24, 2.45) is 0 Å². The van der Waals surface area contributed by atoms with Crippen LogP contribution in [0.15, 0.2) is 58.3 Å². The first-order chi connectivity index (χ1) is 21.0. The van der Waals surface area contributed by atoms with Gasteiger partial charge in [0.15, 0.2) is 5.44 Å². The Morgan fingerprint density at radius 3 is 1.44 bits per heavy atom. The molecular formula is C38H60O3S2. The van der Waals surface area contributed by atoms with Gasteiger partial charge in [0.25, 0.3) is 0 Å². The summed E-state index contributed by atoms with van der Waals surface area (Å²) in [4.78, 5) is 1.49. The molecular weight excluding hydrogens is 569 g/mol. The molecule has 5 heteroatoms. The van der Waals surface area contributed by atoms with Crippen molar-refractivity contribution in [3.63, 3.8) is 0 Å². The van der Waals surface area contributed by atoms with Crippen molar-refractivity contribution in [1.29, 1.82) is 0 Å². The van der Waals surface area contributed by atoms with Crippen LogP contribution in [0.2, 0.25) is 0 Å². The van der Waals surface area contributed by atoms with Crippen LogP contribution in [0.25, 0.3) is 12.2 Å². The minimum Gasteiger partial charge on any atom is -0.377 e. The molecule has 1 atom stereocenters. The quantitative estimate of drug-likeness (QED) is 0.0640. The summed E-state index contributed by atoms with van der Waals surface area (Å²) in [5, 5.41) is 10.2. The summed E-state index contributed by atoms with van der Waals surface area (Å²) in [5.74, 6) is 1.18. The summed E-state index contributed by atoms with van der Waals surface area (Å²) < 4.78 is 25.2. The van der Waals surface area contributed by atoms with E-state index in [1.54, 1.807) is 24.3 Å². The molecule has 0 aromatic heterocycles. The Hall–Kier alpha value is -1.56. The number of sulfone groups is 1. The second kappa shape index (κ2) is 23.8. The van der Waals surface area contributed by atoms with Gasteiger partial charge in [0.1, 0.15) is 0 Å². The smallest absolute Gasteiger partial charge is 0.204 e. The van der Waals surface area contributed by atoms with Crippen molar-refractivity contribution in [3.05, 3.63) is 59.7 Å². The van der Waals surface area contributed by atoms with Crippen molar-refractivity contribution in [2.75, 3.05) is 5.75 Å². The molecule has 2 aromatic carbocycles. The van der Waals surface area contributed by atoms with Crippen LogP contribution in [0.5, 0.6) is 0 Å². The molecule has 0 fully saturated rings. The van der Waals surface area contributed by atoms with E-state index < -0.39 is 15.3 Å². The minimum atomic E-state index is -3.70. The molecule has 0 aliphatic carbocycles. The number of hydrogen-bond acceptors (Lipinski definition) is 4. The molecule has 0 saturated heterocycles. The lowest BCUT2D eigenvalue weighted by atomic mass is 10.0. The molecule has 1 unspecified atom stereocenters. The van der Waals surface area contributed by atoms with E-state index in [0.717, 1.165) is 24.0 Å². The standard InChI is InChI=1S/C38H60O3S2/c1-3-5-7-8-9-10-11-12-13-14-15-16-17-18-19-21-33-42-36-29-25-34(26-30-36)23-24-35-27-31-37(32-28-35)43(40,41)38(39)22-20-6-4-2/h23-32,38-39H,3-22,33H2,1-2H3. The zero-order valence-electron chi connectivity index (χ0n) is 27.3. The lowest BCUT2D eigenvalue weighted by Crippen LogP contribution is -2.20. The normalized spacial score (nSPS) is 12.7. The molecule has 2 aromatic rings. The Labute approximate surface area is 269 Å². The molecule has 0 amide bonds. The maximum absolute atomic E-state index is 12.6. The first-order valence-corrected chi connectivity index (χ1v) is 19.9. The molecule has 2 rings (SSSR count). The highest BCUT2D eigenvalue weighted by atomic mass is 32.2. The van der Waals surface area contributed by atoms with Gasteiger partial charge < -0.3 is 5.11 Å². The third-order valence-corrected chi connectivity index (χ3v) is 11.2. The number of thioether (sulfide) groups is 1. The van der Waals surface area contributed by atoms with E-state index in [9.17, 15) is 13.5 Å². The number of aliphatic hydroxyl groups is 1. The molecule has 0 bridgehead atoms.